The fraction of sp³-hybridized carbons (Fsp3) is 0.444. The highest BCUT2D eigenvalue weighted by Crippen LogP contribution is 2.31. The number of unbranched alkanes of at least 4 members (excludes halogenated alkanes) is 1. The highest BCUT2D eigenvalue weighted by atomic mass is 16.5. The van der Waals surface area contributed by atoms with Crippen LogP contribution in [0.15, 0.2) is 48.7 Å². The van der Waals surface area contributed by atoms with Gasteiger partial charge in [0.25, 0.3) is 0 Å². The van der Waals surface area contributed by atoms with Crippen LogP contribution in [0.1, 0.15) is 48.5 Å². The Morgan fingerprint density at radius 1 is 1.21 bits per heavy atom. The van der Waals surface area contributed by atoms with Gasteiger partial charge in [-0.15, -0.1) is 0 Å². The fourth-order valence-corrected chi connectivity index (χ4v) is 5.14. The van der Waals surface area contributed by atoms with E-state index in [9.17, 15) is 9.90 Å². The van der Waals surface area contributed by atoms with Crippen LogP contribution >= 0.6 is 0 Å². The van der Waals surface area contributed by atoms with Crippen LogP contribution in [0.5, 0.6) is 0 Å². The van der Waals surface area contributed by atoms with Crippen molar-refractivity contribution in [2.24, 2.45) is 0 Å². The third-order valence-electron chi connectivity index (χ3n) is 6.88. The number of ether oxygens (including phenoxy) is 1. The predicted octanol–water partition coefficient (Wildman–Crippen LogP) is 4.23. The molecule has 1 aromatic carbocycles. The highest BCUT2D eigenvalue weighted by Gasteiger charge is 2.34. The number of aromatic nitrogens is 2. The van der Waals surface area contributed by atoms with Crippen molar-refractivity contribution < 1.29 is 14.6 Å². The predicted molar refractivity (Wildman–Crippen MR) is 132 cm³/mol. The molecule has 4 heterocycles. The number of carboxylic acids is 1. The van der Waals surface area contributed by atoms with Crippen LogP contribution < -0.4 is 5.32 Å². The summed E-state index contributed by atoms with van der Waals surface area (Å²) in [6.45, 7) is 3.05. The van der Waals surface area contributed by atoms with E-state index in [2.05, 4.69) is 22.4 Å². The summed E-state index contributed by atoms with van der Waals surface area (Å²) >= 11 is 0. The summed E-state index contributed by atoms with van der Waals surface area (Å²) in [5, 5.41) is 14.3. The Kier molecular flexibility index (Phi) is 7.02. The number of nitrogens with one attached hydrogen (secondary N) is 1. The van der Waals surface area contributed by atoms with Crippen molar-refractivity contribution in [3.05, 3.63) is 65.5 Å². The molecule has 2 aliphatic rings. The average Bonchev–Trinajstić information content (AvgIpc) is 3.32. The van der Waals surface area contributed by atoms with Crippen molar-refractivity contribution in [3.8, 4) is 0 Å². The molecule has 0 spiro atoms. The van der Waals surface area contributed by atoms with Crippen LogP contribution in [-0.4, -0.2) is 58.3 Å². The number of fused-ring (bicyclic) bond motifs is 2. The summed E-state index contributed by atoms with van der Waals surface area (Å²) in [7, 11) is 0. The van der Waals surface area contributed by atoms with E-state index in [0.29, 0.717) is 19.7 Å². The third kappa shape index (κ3) is 5.05. The normalized spacial score (nSPS) is 19.0. The minimum atomic E-state index is -0.830. The van der Waals surface area contributed by atoms with Gasteiger partial charge in [-0.1, -0.05) is 24.3 Å². The highest BCUT2D eigenvalue weighted by molar-refractivity contribution is 5.88. The number of hydrogen-bond acceptors (Lipinski definition) is 6. The molecule has 1 saturated heterocycles. The molecule has 0 bridgehead atoms. The first-order chi connectivity index (χ1) is 16.7. The Balaban J connectivity index is 1.12. The smallest absolute Gasteiger partial charge is 0.325 e. The molecule has 1 fully saturated rings. The number of hydrogen-bond donors (Lipinski definition) is 2. The zero-order valence-corrected chi connectivity index (χ0v) is 19.4. The molecule has 7 heteroatoms. The molecular formula is C27H32N4O3. The Bertz CT molecular complexity index is 1150. The summed E-state index contributed by atoms with van der Waals surface area (Å²) in [6, 6.07) is 13.2. The van der Waals surface area contributed by atoms with Crippen LogP contribution in [0.25, 0.3) is 10.9 Å². The molecule has 0 saturated carbocycles. The summed E-state index contributed by atoms with van der Waals surface area (Å²) in [6.07, 6.45) is 7.90. The number of carboxylic acid groups (broad SMARTS) is 1. The zero-order chi connectivity index (χ0) is 23.3. The molecule has 2 N–H and O–H groups in total. The number of likely N-dealkylation sites (tertiary alicyclic amines) is 1. The topological polar surface area (TPSA) is 87.6 Å². The molecule has 0 amide bonds. The first kappa shape index (κ1) is 22.7. The van der Waals surface area contributed by atoms with Gasteiger partial charge in [0.15, 0.2) is 0 Å². The van der Waals surface area contributed by atoms with Crippen molar-refractivity contribution in [2.45, 2.75) is 50.7 Å². The lowest BCUT2D eigenvalue weighted by Crippen LogP contribution is -2.33. The first-order valence-electron chi connectivity index (χ1n) is 12.3. The maximum Gasteiger partial charge on any atom is 0.325 e. The average molecular weight is 461 g/mol. The number of aliphatic carboxylic acids is 1. The number of pyridine rings is 2. The van der Waals surface area contributed by atoms with Gasteiger partial charge in [-0.25, -0.2) is 4.98 Å². The maximum absolute atomic E-state index is 12.2. The van der Waals surface area contributed by atoms with E-state index in [1.54, 1.807) is 6.20 Å². The Morgan fingerprint density at radius 2 is 2.15 bits per heavy atom. The number of nitrogens with zero attached hydrogens (tertiary/aromatic N) is 3. The Morgan fingerprint density at radius 3 is 3.06 bits per heavy atom. The Hall–Kier alpha value is -3.03. The van der Waals surface area contributed by atoms with Crippen LogP contribution in [0.2, 0.25) is 0 Å². The first-order valence-corrected chi connectivity index (χ1v) is 12.3. The summed E-state index contributed by atoms with van der Waals surface area (Å²) < 4.78 is 6.14. The van der Waals surface area contributed by atoms with E-state index in [1.807, 2.05) is 35.2 Å². The molecule has 2 aliphatic heterocycles. The molecule has 5 rings (SSSR count). The van der Waals surface area contributed by atoms with Crippen LogP contribution in [0.3, 0.4) is 0 Å². The lowest BCUT2D eigenvalue weighted by Gasteiger charge is -2.25. The summed E-state index contributed by atoms with van der Waals surface area (Å²) in [5.41, 5.74) is 4.07. The number of benzene rings is 1. The standard InChI is InChI=1S/C27H32N4O3/c32-27(33)25(23-8-3-10-24-22(23)9-5-14-28-24)31-16-13-21(18-31)34-17-2-1-7-20-12-11-19-6-4-15-29-26(19)30-20/h3,5,8-12,14,21,25H,1-2,4,6-7,13,15-18H2,(H,29,30)(H,32,33)/t21-,25+/m1/s1. The van der Waals surface area contributed by atoms with E-state index < -0.39 is 12.0 Å². The van der Waals surface area contributed by atoms with Crippen molar-refractivity contribution >= 4 is 22.7 Å². The van der Waals surface area contributed by atoms with Gasteiger partial charge in [0.05, 0.1) is 11.6 Å². The minimum Gasteiger partial charge on any atom is -0.480 e. The second-order valence-corrected chi connectivity index (χ2v) is 9.23. The Labute approximate surface area is 200 Å². The van der Waals surface area contributed by atoms with E-state index in [4.69, 9.17) is 9.72 Å². The van der Waals surface area contributed by atoms with Crippen LogP contribution in [0, 0.1) is 0 Å². The maximum atomic E-state index is 12.2. The van der Waals surface area contributed by atoms with E-state index in [1.165, 1.54) is 12.0 Å². The zero-order valence-electron chi connectivity index (χ0n) is 19.4. The molecule has 0 unspecified atom stereocenters. The quantitative estimate of drug-likeness (QED) is 0.462. The van der Waals surface area contributed by atoms with E-state index >= 15 is 0 Å². The second-order valence-electron chi connectivity index (χ2n) is 9.23. The van der Waals surface area contributed by atoms with Gasteiger partial charge in [0.1, 0.15) is 11.9 Å². The van der Waals surface area contributed by atoms with E-state index in [-0.39, 0.29) is 6.10 Å². The van der Waals surface area contributed by atoms with Gasteiger partial charge in [-0.3, -0.25) is 14.7 Å². The number of anilines is 1. The summed E-state index contributed by atoms with van der Waals surface area (Å²) in [5.74, 6) is 0.227. The lowest BCUT2D eigenvalue weighted by molar-refractivity contribution is -0.143. The number of carbonyl (C=O) groups is 1. The van der Waals surface area contributed by atoms with Gasteiger partial charge in [-0.2, -0.15) is 0 Å². The molecule has 0 radical (unpaired) electrons. The van der Waals surface area contributed by atoms with Crippen molar-refractivity contribution in [1.82, 2.24) is 14.9 Å². The van der Waals surface area contributed by atoms with Crippen LogP contribution in [0.4, 0.5) is 5.82 Å². The third-order valence-corrected chi connectivity index (χ3v) is 6.88. The van der Waals surface area contributed by atoms with Gasteiger partial charge in [-0.05, 0) is 67.9 Å². The molecule has 2 aromatic heterocycles. The molecule has 34 heavy (non-hydrogen) atoms. The van der Waals surface area contributed by atoms with Gasteiger partial charge in [0, 0.05) is 43.5 Å². The lowest BCUT2D eigenvalue weighted by atomic mass is 10.0. The molecular weight excluding hydrogens is 428 g/mol. The van der Waals surface area contributed by atoms with Gasteiger partial charge in [0.2, 0.25) is 0 Å². The van der Waals surface area contributed by atoms with Gasteiger partial charge >= 0.3 is 5.97 Å². The molecule has 7 nitrogen and oxygen atoms in total. The minimum absolute atomic E-state index is 0.0704. The van der Waals surface area contributed by atoms with Crippen LogP contribution in [-0.2, 0) is 22.4 Å². The SMILES string of the molecule is O=C(O)[C@H](c1cccc2ncccc12)N1CC[C@@H](OCCCCc2ccc3c(n2)NCCC3)C1. The largest absolute Gasteiger partial charge is 0.480 e. The molecule has 0 aliphatic carbocycles. The molecule has 178 valence electrons. The van der Waals surface area contributed by atoms with Crippen molar-refractivity contribution in [3.63, 3.8) is 0 Å². The van der Waals surface area contributed by atoms with Crippen molar-refractivity contribution in [2.75, 3.05) is 31.6 Å². The summed E-state index contributed by atoms with van der Waals surface area (Å²) in [4.78, 5) is 23.4. The van der Waals surface area contributed by atoms with Crippen molar-refractivity contribution in [1.29, 1.82) is 0 Å². The number of aryl methyl sites for hydroxylation is 2. The monoisotopic (exact) mass is 460 g/mol. The fourth-order valence-electron chi connectivity index (χ4n) is 5.14. The van der Waals surface area contributed by atoms with Gasteiger partial charge < -0.3 is 15.2 Å². The molecule has 2 atom stereocenters. The van der Waals surface area contributed by atoms with E-state index in [0.717, 1.165) is 66.6 Å². The molecule has 3 aromatic rings. The number of rotatable bonds is 9. The second kappa shape index (κ2) is 10.5.